The average Bonchev–Trinajstić information content (AvgIpc) is 2.94. The number of carbonyl (C=O) groups excluding carboxylic acids is 2. The molecule has 4 nitrogen and oxygen atoms in total. The number of aryl methyl sites for hydroxylation is 1. The van der Waals surface area contributed by atoms with Gasteiger partial charge in [0.25, 0.3) is 5.91 Å². The van der Waals surface area contributed by atoms with Crippen LogP contribution in [0.2, 0.25) is 0 Å². The number of anilines is 1. The summed E-state index contributed by atoms with van der Waals surface area (Å²) in [6.45, 7) is 2.06. The van der Waals surface area contributed by atoms with Gasteiger partial charge in [-0.3, -0.25) is 9.59 Å². The van der Waals surface area contributed by atoms with Crippen LogP contribution in [0.1, 0.15) is 28.8 Å². The lowest BCUT2D eigenvalue weighted by Crippen LogP contribution is -2.16. The van der Waals surface area contributed by atoms with Gasteiger partial charge in [-0.05, 0) is 42.7 Å². The molecule has 0 fully saturated rings. The molecule has 1 aromatic carbocycles. The van der Waals surface area contributed by atoms with E-state index in [0.717, 1.165) is 12.2 Å². The van der Waals surface area contributed by atoms with E-state index in [9.17, 15) is 9.59 Å². The van der Waals surface area contributed by atoms with E-state index in [0.29, 0.717) is 17.0 Å². The number of amides is 2. The number of thioether (sulfide) groups is 1. The number of carbonyl (C=O) groups is 2. The maximum absolute atomic E-state index is 11.9. The van der Waals surface area contributed by atoms with Gasteiger partial charge in [0, 0.05) is 11.3 Å². The molecule has 22 heavy (non-hydrogen) atoms. The van der Waals surface area contributed by atoms with Crippen LogP contribution < -0.4 is 11.1 Å². The third kappa shape index (κ3) is 4.89. The molecule has 0 aliphatic heterocycles. The number of nitrogens with one attached hydrogen (secondary N) is 1. The van der Waals surface area contributed by atoms with Gasteiger partial charge in [-0.25, -0.2) is 0 Å². The smallest absolute Gasteiger partial charge is 0.251 e. The highest BCUT2D eigenvalue weighted by Crippen LogP contribution is 2.23. The van der Waals surface area contributed by atoms with Gasteiger partial charge in [0.15, 0.2) is 0 Å². The summed E-state index contributed by atoms with van der Waals surface area (Å²) in [4.78, 5) is 24.3. The number of thiophene rings is 1. The van der Waals surface area contributed by atoms with Crippen LogP contribution >= 0.6 is 23.1 Å². The standard InChI is InChI=1S/C16H18N2O2S2/c1-11-4-6-12(7-5-11)21-9-2-3-14(19)18-16-13(15(17)20)8-10-22-16/h4-8,10H,2-3,9H2,1H3,(H2,17,20)(H,18,19). The number of rotatable bonds is 7. The van der Waals surface area contributed by atoms with Gasteiger partial charge in [-0.2, -0.15) is 0 Å². The van der Waals surface area contributed by atoms with E-state index in [2.05, 4.69) is 36.5 Å². The lowest BCUT2D eigenvalue weighted by Gasteiger charge is -2.05. The van der Waals surface area contributed by atoms with Crippen molar-refractivity contribution in [2.24, 2.45) is 5.73 Å². The molecule has 0 aliphatic carbocycles. The van der Waals surface area contributed by atoms with E-state index in [1.54, 1.807) is 23.2 Å². The molecular formula is C16H18N2O2S2. The van der Waals surface area contributed by atoms with Crippen molar-refractivity contribution >= 4 is 39.9 Å². The van der Waals surface area contributed by atoms with Gasteiger partial charge in [-0.1, -0.05) is 17.7 Å². The van der Waals surface area contributed by atoms with Crippen molar-refractivity contribution in [3.05, 3.63) is 46.8 Å². The van der Waals surface area contributed by atoms with E-state index in [4.69, 9.17) is 5.73 Å². The SMILES string of the molecule is Cc1ccc(SCCCC(=O)Nc2sccc2C(N)=O)cc1. The second-order valence-electron chi connectivity index (χ2n) is 4.84. The van der Waals surface area contributed by atoms with Gasteiger partial charge in [0.2, 0.25) is 5.91 Å². The summed E-state index contributed by atoms with van der Waals surface area (Å²) < 4.78 is 0. The molecule has 0 unspecified atom stereocenters. The van der Waals surface area contributed by atoms with Gasteiger partial charge >= 0.3 is 0 Å². The van der Waals surface area contributed by atoms with E-state index < -0.39 is 5.91 Å². The van der Waals surface area contributed by atoms with Crippen molar-refractivity contribution in [3.8, 4) is 0 Å². The van der Waals surface area contributed by atoms with Crippen molar-refractivity contribution in [1.82, 2.24) is 0 Å². The highest BCUT2D eigenvalue weighted by atomic mass is 32.2. The Bertz CT molecular complexity index is 650. The van der Waals surface area contributed by atoms with Gasteiger partial charge < -0.3 is 11.1 Å². The summed E-state index contributed by atoms with van der Waals surface area (Å²) in [6, 6.07) is 9.96. The fraction of sp³-hybridized carbons (Fsp3) is 0.250. The minimum atomic E-state index is -0.522. The number of hydrogen-bond donors (Lipinski definition) is 2. The van der Waals surface area contributed by atoms with Gasteiger partial charge in [0.1, 0.15) is 5.00 Å². The van der Waals surface area contributed by atoms with Gasteiger partial charge in [-0.15, -0.1) is 23.1 Å². The maximum Gasteiger partial charge on any atom is 0.251 e. The van der Waals surface area contributed by atoms with Crippen LogP contribution in [0.25, 0.3) is 0 Å². The molecule has 0 saturated heterocycles. The van der Waals surface area contributed by atoms with Crippen molar-refractivity contribution in [2.45, 2.75) is 24.7 Å². The third-order valence-electron chi connectivity index (χ3n) is 3.02. The van der Waals surface area contributed by atoms with Crippen molar-refractivity contribution in [1.29, 1.82) is 0 Å². The predicted octanol–water partition coefficient (Wildman–Crippen LogP) is 3.67. The minimum absolute atomic E-state index is 0.0885. The van der Waals surface area contributed by atoms with Crippen LogP contribution in [0.3, 0.4) is 0 Å². The fourth-order valence-electron chi connectivity index (χ4n) is 1.85. The third-order valence-corrected chi connectivity index (χ3v) is 4.95. The first-order chi connectivity index (χ1) is 10.6. The van der Waals surface area contributed by atoms with E-state index in [1.807, 2.05) is 0 Å². The summed E-state index contributed by atoms with van der Waals surface area (Å²) in [6.07, 6.45) is 1.20. The topological polar surface area (TPSA) is 72.2 Å². The summed E-state index contributed by atoms with van der Waals surface area (Å²) in [5.74, 6) is 0.268. The first-order valence-electron chi connectivity index (χ1n) is 6.93. The Kier molecular flexibility index (Phi) is 6.03. The molecular weight excluding hydrogens is 316 g/mol. The van der Waals surface area contributed by atoms with E-state index in [1.165, 1.54) is 21.8 Å². The van der Waals surface area contributed by atoms with E-state index >= 15 is 0 Å². The Morgan fingerprint density at radius 2 is 1.95 bits per heavy atom. The largest absolute Gasteiger partial charge is 0.366 e. The molecule has 0 saturated carbocycles. The van der Waals surface area contributed by atoms with Gasteiger partial charge in [0.05, 0.1) is 5.56 Å². The molecule has 0 radical (unpaired) electrons. The van der Waals surface area contributed by atoms with Crippen molar-refractivity contribution in [2.75, 3.05) is 11.1 Å². The molecule has 0 spiro atoms. The highest BCUT2D eigenvalue weighted by Gasteiger charge is 2.12. The minimum Gasteiger partial charge on any atom is -0.366 e. The maximum atomic E-state index is 11.9. The Labute approximate surface area is 138 Å². The number of nitrogens with two attached hydrogens (primary N) is 1. The molecule has 0 bridgehead atoms. The van der Waals surface area contributed by atoms with Crippen LogP contribution in [0.4, 0.5) is 5.00 Å². The van der Waals surface area contributed by atoms with Crippen LogP contribution in [0, 0.1) is 6.92 Å². The quantitative estimate of drug-likeness (QED) is 0.599. The van der Waals surface area contributed by atoms with E-state index in [-0.39, 0.29) is 5.91 Å². The zero-order valence-electron chi connectivity index (χ0n) is 12.3. The number of benzene rings is 1. The summed E-state index contributed by atoms with van der Waals surface area (Å²) >= 11 is 3.04. The molecule has 2 aromatic rings. The molecule has 0 aliphatic rings. The van der Waals surface area contributed by atoms with Crippen LogP contribution in [0.5, 0.6) is 0 Å². The Hall–Kier alpha value is -1.79. The Morgan fingerprint density at radius 1 is 1.23 bits per heavy atom. The van der Waals surface area contributed by atoms with Crippen molar-refractivity contribution < 1.29 is 9.59 Å². The molecule has 116 valence electrons. The molecule has 2 rings (SSSR count). The first kappa shape index (κ1) is 16.6. The summed E-state index contributed by atoms with van der Waals surface area (Å²) in [5.41, 5.74) is 6.85. The first-order valence-corrected chi connectivity index (χ1v) is 8.79. The zero-order valence-corrected chi connectivity index (χ0v) is 13.9. The monoisotopic (exact) mass is 334 g/mol. The average molecular weight is 334 g/mol. The normalized spacial score (nSPS) is 10.4. The van der Waals surface area contributed by atoms with Crippen molar-refractivity contribution in [3.63, 3.8) is 0 Å². The Morgan fingerprint density at radius 3 is 2.64 bits per heavy atom. The second-order valence-corrected chi connectivity index (χ2v) is 6.93. The van der Waals surface area contributed by atoms with Crippen LogP contribution in [-0.2, 0) is 4.79 Å². The molecule has 6 heteroatoms. The molecule has 1 aromatic heterocycles. The summed E-state index contributed by atoms with van der Waals surface area (Å²) in [7, 11) is 0. The number of primary amides is 1. The second kappa shape index (κ2) is 8.00. The highest BCUT2D eigenvalue weighted by molar-refractivity contribution is 7.99. The lowest BCUT2D eigenvalue weighted by molar-refractivity contribution is -0.116. The molecule has 1 heterocycles. The lowest BCUT2D eigenvalue weighted by atomic mass is 10.2. The Balaban J connectivity index is 1.73. The zero-order chi connectivity index (χ0) is 15.9. The summed E-state index contributed by atoms with van der Waals surface area (Å²) in [5, 5.41) is 5.02. The van der Waals surface area contributed by atoms with Crippen LogP contribution in [0.15, 0.2) is 40.6 Å². The molecule has 3 N–H and O–H groups in total. The fourth-order valence-corrected chi connectivity index (χ4v) is 3.51. The molecule has 2 amide bonds. The molecule has 0 atom stereocenters. The van der Waals surface area contributed by atoms with Crippen LogP contribution in [-0.4, -0.2) is 17.6 Å². The predicted molar refractivity (Wildman–Crippen MR) is 92.6 cm³/mol. The number of hydrogen-bond acceptors (Lipinski definition) is 4.